The Morgan fingerprint density at radius 1 is 0.977 bits per heavy atom. The first-order valence-electron chi connectivity index (χ1n) is 13.0. The molecular formula is C30H21BrF3N3O4S2. The fourth-order valence-corrected chi connectivity index (χ4v) is 8.38. The minimum atomic E-state index is -4.66. The number of aromatic nitrogens is 1. The summed E-state index contributed by atoms with van der Waals surface area (Å²) >= 11 is 5.28. The highest BCUT2D eigenvalue weighted by Gasteiger charge is 2.57. The molecule has 6 rings (SSSR count). The van der Waals surface area contributed by atoms with Crippen LogP contribution in [0.5, 0.6) is 0 Å². The Morgan fingerprint density at radius 2 is 1.67 bits per heavy atom. The summed E-state index contributed by atoms with van der Waals surface area (Å²) in [5.74, 6) is -3.49. The van der Waals surface area contributed by atoms with Crippen molar-refractivity contribution in [1.29, 1.82) is 0 Å². The Morgan fingerprint density at radius 3 is 2.35 bits per heavy atom. The maximum atomic E-state index is 13.9. The number of rotatable bonds is 5. The van der Waals surface area contributed by atoms with E-state index in [-0.39, 0.29) is 12.2 Å². The van der Waals surface area contributed by atoms with E-state index < -0.39 is 51.4 Å². The Labute approximate surface area is 259 Å². The number of thiazole rings is 1. The van der Waals surface area contributed by atoms with Gasteiger partial charge in [-0.05, 0) is 55.0 Å². The Kier molecular flexibility index (Phi) is 7.59. The van der Waals surface area contributed by atoms with Crippen molar-refractivity contribution in [1.82, 2.24) is 4.57 Å². The Hall–Kier alpha value is -3.68. The molecule has 3 amide bonds. The minimum absolute atomic E-state index is 0.174. The predicted octanol–water partition coefficient (Wildman–Crippen LogP) is 6.43. The van der Waals surface area contributed by atoms with E-state index in [0.717, 1.165) is 56.2 Å². The van der Waals surface area contributed by atoms with Gasteiger partial charge >= 0.3 is 11.0 Å². The molecule has 0 saturated carbocycles. The molecule has 1 N–H and O–H groups in total. The molecule has 1 aromatic heterocycles. The SMILES string of the molecule is Cc1ccc(NC(=O)Cn2c3c(sc2=O)[C@@H](c2ccc(Br)cc2)[C@@H]2C(=O)N(c4cccc(C(F)(F)F)c4)C(=O)[C@@H]2S3)cc1. The molecule has 0 spiro atoms. The van der Waals surface area contributed by atoms with Gasteiger partial charge in [0.25, 0.3) is 0 Å². The van der Waals surface area contributed by atoms with Crippen LogP contribution in [0.3, 0.4) is 0 Å². The molecule has 3 aromatic carbocycles. The molecule has 1 fully saturated rings. The summed E-state index contributed by atoms with van der Waals surface area (Å²) in [5.41, 5.74) is 1.07. The number of nitrogens with one attached hydrogen (secondary N) is 1. The van der Waals surface area contributed by atoms with Crippen LogP contribution in [0, 0.1) is 12.8 Å². The van der Waals surface area contributed by atoms with Gasteiger partial charge in [-0.2, -0.15) is 13.2 Å². The van der Waals surface area contributed by atoms with Crippen LogP contribution in [0.15, 0.2) is 87.1 Å². The lowest BCUT2D eigenvalue weighted by atomic mass is 9.83. The van der Waals surface area contributed by atoms with Crippen molar-refractivity contribution >= 4 is 68.1 Å². The second kappa shape index (κ2) is 11.1. The van der Waals surface area contributed by atoms with Crippen LogP contribution in [0.4, 0.5) is 24.5 Å². The van der Waals surface area contributed by atoms with E-state index in [1.165, 1.54) is 10.6 Å². The molecule has 7 nitrogen and oxygen atoms in total. The third-order valence-corrected chi connectivity index (χ3v) is 10.5. The number of amides is 3. The lowest BCUT2D eigenvalue weighted by Crippen LogP contribution is -2.33. The van der Waals surface area contributed by atoms with E-state index in [1.54, 1.807) is 36.4 Å². The van der Waals surface area contributed by atoms with Crippen LogP contribution in [0.25, 0.3) is 0 Å². The summed E-state index contributed by atoms with van der Waals surface area (Å²) in [6.45, 7) is 1.59. The second-order valence-corrected chi connectivity index (χ2v) is 13.2. The van der Waals surface area contributed by atoms with E-state index in [9.17, 15) is 32.3 Å². The highest BCUT2D eigenvalue weighted by atomic mass is 79.9. The minimum Gasteiger partial charge on any atom is -0.325 e. The summed E-state index contributed by atoms with van der Waals surface area (Å²) < 4.78 is 42.5. The molecule has 2 aliphatic rings. The zero-order valence-electron chi connectivity index (χ0n) is 22.2. The van der Waals surface area contributed by atoms with Gasteiger partial charge in [0.05, 0.1) is 22.2 Å². The van der Waals surface area contributed by atoms with Gasteiger partial charge in [-0.25, -0.2) is 4.90 Å². The van der Waals surface area contributed by atoms with Crippen LogP contribution in [0.1, 0.15) is 27.5 Å². The van der Waals surface area contributed by atoms with Crippen molar-refractivity contribution < 1.29 is 27.6 Å². The van der Waals surface area contributed by atoms with Gasteiger partial charge in [-0.3, -0.25) is 23.7 Å². The largest absolute Gasteiger partial charge is 0.416 e. The monoisotopic (exact) mass is 687 g/mol. The fourth-order valence-electron chi connectivity index (χ4n) is 5.34. The van der Waals surface area contributed by atoms with Gasteiger partial charge in [0.1, 0.15) is 11.8 Å². The first-order chi connectivity index (χ1) is 20.4. The maximum Gasteiger partial charge on any atom is 0.416 e. The lowest BCUT2D eigenvalue weighted by molar-refractivity contribution is -0.137. The number of aryl methyl sites for hydroxylation is 1. The summed E-state index contributed by atoms with van der Waals surface area (Å²) in [4.78, 5) is 54.9. The summed E-state index contributed by atoms with van der Waals surface area (Å²) in [7, 11) is 0. The predicted molar refractivity (Wildman–Crippen MR) is 161 cm³/mol. The molecule has 0 aliphatic carbocycles. The molecule has 0 radical (unpaired) electrons. The number of halogens is 4. The van der Waals surface area contributed by atoms with Gasteiger partial charge in [-0.1, -0.05) is 74.9 Å². The average molecular weight is 689 g/mol. The van der Waals surface area contributed by atoms with Crippen molar-refractivity contribution in [3.8, 4) is 0 Å². The van der Waals surface area contributed by atoms with E-state index in [0.29, 0.717) is 21.2 Å². The molecule has 1 saturated heterocycles. The van der Waals surface area contributed by atoms with Gasteiger partial charge < -0.3 is 5.32 Å². The van der Waals surface area contributed by atoms with Crippen molar-refractivity contribution in [2.24, 2.45) is 5.92 Å². The smallest absolute Gasteiger partial charge is 0.325 e. The molecule has 4 aromatic rings. The fraction of sp³-hybridized carbons (Fsp3) is 0.200. The molecular weight excluding hydrogens is 667 g/mol. The Balaban J connectivity index is 1.40. The number of hydrogen-bond acceptors (Lipinski definition) is 6. The van der Waals surface area contributed by atoms with Gasteiger partial charge in [0.15, 0.2) is 0 Å². The molecule has 13 heteroatoms. The van der Waals surface area contributed by atoms with Crippen molar-refractivity contribution in [2.45, 2.75) is 35.8 Å². The number of thioether (sulfide) groups is 1. The molecule has 43 heavy (non-hydrogen) atoms. The summed E-state index contributed by atoms with van der Waals surface area (Å²) in [6, 6.07) is 18.4. The molecule has 3 atom stereocenters. The normalized spacial score (nSPS) is 19.7. The topological polar surface area (TPSA) is 88.5 Å². The van der Waals surface area contributed by atoms with Gasteiger partial charge in [-0.15, -0.1) is 0 Å². The van der Waals surface area contributed by atoms with E-state index in [1.807, 2.05) is 19.1 Å². The van der Waals surface area contributed by atoms with Crippen LogP contribution in [0.2, 0.25) is 0 Å². The molecule has 3 heterocycles. The maximum absolute atomic E-state index is 13.9. The van der Waals surface area contributed by atoms with Gasteiger partial charge in [0, 0.05) is 21.0 Å². The number of anilines is 2. The van der Waals surface area contributed by atoms with E-state index >= 15 is 0 Å². The van der Waals surface area contributed by atoms with Crippen molar-refractivity contribution in [3.05, 3.63) is 109 Å². The first-order valence-corrected chi connectivity index (χ1v) is 15.5. The summed E-state index contributed by atoms with van der Waals surface area (Å²) in [6.07, 6.45) is -4.66. The van der Waals surface area contributed by atoms with Crippen LogP contribution in [-0.4, -0.2) is 27.5 Å². The van der Waals surface area contributed by atoms with Crippen LogP contribution >= 0.6 is 39.0 Å². The number of nitrogens with zero attached hydrogens (tertiary/aromatic N) is 2. The number of alkyl halides is 3. The number of hydrogen-bond donors (Lipinski definition) is 1. The van der Waals surface area contributed by atoms with Crippen LogP contribution < -0.4 is 15.1 Å². The number of benzene rings is 3. The molecule has 0 bridgehead atoms. The number of fused-ring (bicyclic) bond motifs is 2. The van der Waals surface area contributed by atoms with Gasteiger partial charge in [0.2, 0.25) is 17.7 Å². The average Bonchev–Trinajstić information content (AvgIpc) is 3.40. The van der Waals surface area contributed by atoms with Crippen LogP contribution in [-0.2, 0) is 27.1 Å². The first kappa shape index (κ1) is 29.4. The van der Waals surface area contributed by atoms with Crippen molar-refractivity contribution in [2.75, 3.05) is 10.2 Å². The number of carbonyl (C=O) groups is 3. The number of carbonyl (C=O) groups excluding carboxylic acids is 3. The Bertz CT molecular complexity index is 1820. The number of imide groups is 1. The second-order valence-electron chi connectivity index (χ2n) is 10.2. The standard InChI is InChI=1S/C30H21BrF3N3O4S2/c1-15-5-11-19(12-6-15)35-21(38)14-36-28-25(43-29(36)41)22(16-7-9-18(31)10-8-16)23-24(42-28)27(40)37(26(23)39)20-4-2-3-17(13-20)30(32,33)34/h2-13,22-24H,14H2,1H3,(H,35,38)/t22-,23-,24+/m0/s1. The quantitative estimate of drug-likeness (QED) is 0.244. The lowest BCUT2D eigenvalue weighted by Gasteiger charge is -2.30. The van der Waals surface area contributed by atoms with E-state index in [2.05, 4.69) is 21.2 Å². The zero-order valence-corrected chi connectivity index (χ0v) is 25.4. The molecule has 220 valence electrons. The third-order valence-electron chi connectivity index (χ3n) is 7.35. The van der Waals surface area contributed by atoms with Crippen molar-refractivity contribution in [3.63, 3.8) is 0 Å². The van der Waals surface area contributed by atoms with E-state index in [4.69, 9.17) is 0 Å². The highest BCUT2D eigenvalue weighted by Crippen LogP contribution is 2.54. The highest BCUT2D eigenvalue weighted by molar-refractivity contribution is 9.10. The third kappa shape index (κ3) is 5.45. The molecule has 0 unspecified atom stereocenters. The summed E-state index contributed by atoms with van der Waals surface area (Å²) in [5, 5.41) is 2.13. The zero-order chi connectivity index (χ0) is 30.6. The molecule has 2 aliphatic heterocycles.